The molecule has 1 unspecified atom stereocenters. The highest BCUT2D eigenvalue weighted by Gasteiger charge is 2.28. The average molecular weight is 365 g/mol. The minimum atomic E-state index is -0.0393. The summed E-state index contributed by atoms with van der Waals surface area (Å²) in [5.74, 6) is 0.719. The number of fused-ring (bicyclic) bond motifs is 1. The Kier molecular flexibility index (Phi) is 5.32. The van der Waals surface area contributed by atoms with Gasteiger partial charge in [-0.1, -0.05) is 6.07 Å². The molecule has 1 aliphatic carbocycles. The molecule has 1 N–H and O–H groups in total. The number of carbonyl (C=O) groups is 1. The van der Waals surface area contributed by atoms with Gasteiger partial charge in [-0.05, 0) is 69.1 Å². The highest BCUT2D eigenvalue weighted by atomic mass is 16.2. The van der Waals surface area contributed by atoms with Crippen LogP contribution in [0.2, 0.25) is 0 Å². The number of piperidine rings is 1. The summed E-state index contributed by atoms with van der Waals surface area (Å²) in [4.78, 5) is 28.4. The molecule has 2 aliphatic rings. The van der Waals surface area contributed by atoms with E-state index in [2.05, 4.69) is 28.3 Å². The molecular weight excluding hydrogens is 338 g/mol. The quantitative estimate of drug-likeness (QED) is 0.904. The van der Waals surface area contributed by atoms with Gasteiger partial charge in [0.1, 0.15) is 5.82 Å². The van der Waals surface area contributed by atoms with Crippen LogP contribution in [0.5, 0.6) is 0 Å². The molecule has 1 atom stereocenters. The van der Waals surface area contributed by atoms with Gasteiger partial charge in [0.2, 0.25) is 0 Å². The molecule has 4 rings (SSSR count). The van der Waals surface area contributed by atoms with Gasteiger partial charge in [0.25, 0.3) is 0 Å². The Bertz CT molecular complexity index is 808. The van der Waals surface area contributed by atoms with E-state index in [1.807, 2.05) is 17.2 Å². The second-order valence-corrected chi connectivity index (χ2v) is 7.51. The molecule has 1 saturated heterocycles. The Balaban J connectivity index is 1.45. The lowest BCUT2D eigenvalue weighted by atomic mass is 9.95. The third-order valence-electron chi connectivity index (χ3n) is 5.67. The van der Waals surface area contributed by atoms with Crippen molar-refractivity contribution in [1.29, 1.82) is 0 Å². The molecule has 2 aromatic rings. The summed E-state index contributed by atoms with van der Waals surface area (Å²) < 4.78 is 0. The summed E-state index contributed by atoms with van der Waals surface area (Å²) in [5, 5.41) is 3.04. The van der Waals surface area contributed by atoms with Gasteiger partial charge >= 0.3 is 6.03 Å². The van der Waals surface area contributed by atoms with E-state index in [-0.39, 0.29) is 12.1 Å². The molecule has 0 saturated carbocycles. The zero-order valence-electron chi connectivity index (χ0n) is 15.9. The van der Waals surface area contributed by atoms with Gasteiger partial charge in [-0.15, -0.1) is 0 Å². The Labute approximate surface area is 160 Å². The second-order valence-electron chi connectivity index (χ2n) is 7.51. The van der Waals surface area contributed by atoms with Gasteiger partial charge in [-0.25, -0.2) is 14.8 Å². The SMILES string of the molecule is Cc1nc(CNC(=O)N2CCCCC2c2cccnc2)nc2c1CCCC2. The average Bonchev–Trinajstić information content (AvgIpc) is 2.73. The second kappa shape index (κ2) is 8.03. The third kappa shape index (κ3) is 3.94. The van der Waals surface area contributed by atoms with Crippen molar-refractivity contribution in [2.75, 3.05) is 6.54 Å². The number of likely N-dealkylation sites (tertiary alicyclic amines) is 1. The van der Waals surface area contributed by atoms with E-state index in [0.29, 0.717) is 6.54 Å². The Hall–Kier alpha value is -2.50. The van der Waals surface area contributed by atoms with E-state index in [1.165, 1.54) is 24.1 Å². The molecule has 0 aromatic carbocycles. The summed E-state index contributed by atoms with van der Waals surface area (Å²) in [6.45, 7) is 3.21. The van der Waals surface area contributed by atoms with Gasteiger partial charge in [0, 0.05) is 30.3 Å². The zero-order valence-corrected chi connectivity index (χ0v) is 15.9. The van der Waals surface area contributed by atoms with Gasteiger partial charge in [-0.3, -0.25) is 4.98 Å². The first kappa shape index (κ1) is 17.9. The predicted octanol–water partition coefficient (Wildman–Crippen LogP) is 3.50. The first-order valence-electron chi connectivity index (χ1n) is 10.0. The molecule has 3 heterocycles. The summed E-state index contributed by atoms with van der Waals surface area (Å²) in [7, 11) is 0. The van der Waals surface area contributed by atoms with E-state index >= 15 is 0 Å². The van der Waals surface area contributed by atoms with Crippen LogP contribution in [0.3, 0.4) is 0 Å². The van der Waals surface area contributed by atoms with Crippen LogP contribution in [0.25, 0.3) is 0 Å². The molecule has 6 nitrogen and oxygen atoms in total. The van der Waals surface area contributed by atoms with Crippen LogP contribution < -0.4 is 5.32 Å². The monoisotopic (exact) mass is 365 g/mol. The van der Waals surface area contributed by atoms with Crippen molar-refractivity contribution in [3.05, 3.63) is 52.9 Å². The molecule has 0 bridgehead atoms. The van der Waals surface area contributed by atoms with Crippen molar-refractivity contribution in [3.8, 4) is 0 Å². The maximum absolute atomic E-state index is 12.9. The summed E-state index contributed by atoms with van der Waals surface area (Å²) in [6, 6.07) is 4.05. The highest BCUT2D eigenvalue weighted by Crippen LogP contribution is 2.30. The van der Waals surface area contributed by atoms with Crippen molar-refractivity contribution in [2.45, 2.75) is 64.5 Å². The van der Waals surface area contributed by atoms with Crippen LogP contribution in [0.1, 0.15) is 66.5 Å². The number of hydrogen-bond acceptors (Lipinski definition) is 4. The van der Waals surface area contributed by atoms with Crippen LogP contribution in [-0.2, 0) is 19.4 Å². The molecule has 142 valence electrons. The molecule has 2 aromatic heterocycles. The number of nitrogens with zero attached hydrogens (tertiary/aromatic N) is 4. The van der Waals surface area contributed by atoms with Gasteiger partial charge in [0.15, 0.2) is 0 Å². The summed E-state index contributed by atoms with van der Waals surface area (Å²) >= 11 is 0. The van der Waals surface area contributed by atoms with Crippen molar-refractivity contribution in [2.24, 2.45) is 0 Å². The molecule has 2 amide bonds. The van der Waals surface area contributed by atoms with Crippen molar-refractivity contribution < 1.29 is 4.79 Å². The molecule has 1 aliphatic heterocycles. The Morgan fingerprint density at radius 2 is 2.11 bits per heavy atom. The molecule has 0 radical (unpaired) electrons. The number of aryl methyl sites for hydroxylation is 2. The number of carbonyl (C=O) groups excluding carboxylic acids is 1. The fraction of sp³-hybridized carbons (Fsp3) is 0.524. The summed E-state index contributed by atoms with van der Waals surface area (Å²) in [5.41, 5.74) is 4.65. The molecule has 0 spiro atoms. The molecular formula is C21H27N5O. The lowest BCUT2D eigenvalue weighted by Crippen LogP contribution is -2.44. The molecule has 6 heteroatoms. The number of pyridine rings is 1. The fourth-order valence-electron chi connectivity index (χ4n) is 4.27. The number of amides is 2. The van der Waals surface area contributed by atoms with E-state index < -0.39 is 0 Å². The van der Waals surface area contributed by atoms with Crippen molar-refractivity contribution in [1.82, 2.24) is 25.2 Å². The normalized spacial score (nSPS) is 19.4. The van der Waals surface area contributed by atoms with Crippen LogP contribution in [-0.4, -0.2) is 32.4 Å². The first-order valence-corrected chi connectivity index (χ1v) is 10.0. The van der Waals surface area contributed by atoms with Crippen molar-refractivity contribution >= 4 is 6.03 Å². The van der Waals surface area contributed by atoms with E-state index in [1.54, 1.807) is 6.20 Å². The van der Waals surface area contributed by atoms with Gasteiger partial charge < -0.3 is 10.2 Å². The predicted molar refractivity (Wildman–Crippen MR) is 103 cm³/mol. The van der Waals surface area contributed by atoms with Gasteiger partial charge in [-0.2, -0.15) is 0 Å². The fourth-order valence-corrected chi connectivity index (χ4v) is 4.27. The maximum atomic E-state index is 12.9. The Morgan fingerprint density at radius 3 is 2.96 bits per heavy atom. The largest absolute Gasteiger partial charge is 0.331 e. The van der Waals surface area contributed by atoms with E-state index in [9.17, 15) is 4.79 Å². The van der Waals surface area contributed by atoms with Crippen molar-refractivity contribution in [3.63, 3.8) is 0 Å². The van der Waals surface area contributed by atoms with Crippen LogP contribution in [0.15, 0.2) is 24.5 Å². The number of aromatic nitrogens is 3. The topological polar surface area (TPSA) is 71.0 Å². The Morgan fingerprint density at radius 1 is 1.22 bits per heavy atom. The van der Waals surface area contributed by atoms with Gasteiger partial charge in [0.05, 0.1) is 12.6 Å². The number of hydrogen-bond donors (Lipinski definition) is 1. The number of rotatable bonds is 3. The maximum Gasteiger partial charge on any atom is 0.318 e. The van der Waals surface area contributed by atoms with Crippen LogP contribution in [0.4, 0.5) is 4.79 Å². The smallest absolute Gasteiger partial charge is 0.318 e. The third-order valence-corrected chi connectivity index (χ3v) is 5.67. The minimum Gasteiger partial charge on any atom is -0.331 e. The van der Waals surface area contributed by atoms with E-state index in [4.69, 9.17) is 4.98 Å². The lowest BCUT2D eigenvalue weighted by molar-refractivity contribution is 0.150. The molecule has 27 heavy (non-hydrogen) atoms. The zero-order chi connectivity index (χ0) is 18.6. The minimum absolute atomic E-state index is 0.0393. The lowest BCUT2D eigenvalue weighted by Gasteiger charge is -2.35. The first-order chi connectivity index (χ1) is 13.2. The molecule has 1 fully saturated rings. The number of urea groups is 1. The van der Waals surface area contributed by atoms with Crippen LogP contribution in [0, 0.1) is 6.92 Å². The summed E-state index contributed by atoms with van der Waals surface area (Å²) in [6.07, 6.45) is 11.3. The van der Waals surface area contributed by atoms with Crippen LogP contribution >= 0.6 is 0 Å². The highest BCUT2D eigenvalue weighted by molar-refractivity contribution is 5.74. The van der Waals surface area contributed by atoms with E-state index in [0.717, 1.165) is 55.7 Å². The number of nitrogens with one attached hydrogen (secondary N) is 1. The standard InChI is InChI=1S/C21H27N5O/c1-15-17-8-2-3-9-18(17)25-20(24-15)14-23-21(27)26-12-5-4-10-19(26)16-7-6-11-22-13-16/h6-7,11,13,19H,2-5,8-10,12,14H2,1H3,(H,23,27).